The molecule has 0 amide bonds. The second kappa shape index (κ2) is 5.20. The summed E-state index contributed by atoms with van der Waals surface area (Å²) in [5, 5.41) is 0. The van der Waals surface area contributed by atoms with E-state index in [-0.39, 0.29) is 0 Å². The van der Waals surface area contributed by atoms with Gasteiger partial charge >= 0.3 is 0 Å². The van der Waals surface area contributed by atoms with Gasteiger partial charge in [0, 0.05) is 26.7 Å². The van der Waals surface area contributed by atoms with Crippen molar-refractivity contribution in [2.24, 2.45) is 0 Å². The van der Waals surface area contributed by atoms with Gasteiger partial charge < -0.3 is 9.47 Å². The molecule has 0 saturated heterocycles. The van der Waals surface area contributed by atoms with E-state index < -0.39 is 0 Å². The van der Waals surface area contributed by atoms with Gasteiger partial charge in [-0.2, -0.15) is 0 Å². The first-order valence-corrected chi connectivity index (χ1v) is 7.11. The van der Waals surface area contributed by atoms with Crippen LogP contribution in [0.15, 0.2) is 50.9 Å². The van der Waals surface area contributed by atoms with Crippen LogP contribution in [0.25, 0.3) is 0 Å². The standard InChI is InChI=1S/C13H10BrNO2S/c14-10-8-15-4-3-13(10)18-9-1-2-11-12(7-9)17-6-5-16-11/h1-4,7-8H,5-6H2. The molecule has 0 atom stereocenters. The molecule has 1 aliphatic rings. The average Bonchev–Trinajstić information content (AvgIpc) is 2.41. The topological polar surface area (TPSA) is 31.4 Å². The number of halogens is 1. The number of nitrogens with zero attached hydrogens (tertiary/aromatic N) is 1. The Morgan fingerprint density at radius 2 is 1.94 bits per heavy atom. The van der Waals surface area contributed by atoms with Crippen molar-refractivity contribution in [2.45, 2.75) is 9.79 Å². The Morgan fingerprint density at radius 1 is 1.11 bits per heavy atom. The molecule has 0 bridgehead atoms. The minimum atomic E-state index is 0.611. The van der Waals surface area contributed by atoms with Gasteiger partial charge in [-0.25, -0.2) is 0 Å². The average molecular weight is 324 g/mol. The molecule has 3 nitrogen and oxygen atoms in total. The highest BCUT2D eigenvalue weighted by atomic mass is 79.9. The maximum absolute atomic E-state index is 5.57. The van der Waals surface area contributed by atoms with E-state index in [0.29, 0.717) is 13.2 Å². The van der Waals surface area contributed by atoms with E-state index in [1.54, 1.807) is 24.2 Å². The monoisotopic (exact) mass is 323 g/mol. The first-order chi connectivity index (χ1) is 8.83. The van der Waals surface area contributed by atoms with Crippen molar-refractivity contribution in [3.05, 3.63) is 41.1 Å². The molecule has 2 aromatic rings. The molecule has 18 heavy (non-hydrogen) atoms. The van der Waals surface area contributed by atoms with Gasteiger partial charge in [-0.15, -0.1) is 0 Å². The van der Waals surface area contributed by atoms with Crippen molar-refractivity contribution in [1.82, 2.24) is 4.98 Å². The Kier molecular flexibility index (Phi) is 3.43. The number of ether oxygens (including phenoxy) is 2. The lowest BCUT2D eigenvalue weighted by atomic mass is 10.3. The number of aromatic nitrogens is 1. The zero-order valence-corrected chi connectivity index (χ0v) is 11.8. The molecule has 5 heteroatoms. The highest BCUT2D eigenvalue weighted by Gasteiger charge is 2.12. The minimum Gasteiger partial charge on any atom is -0.486 e. The highest BCUT2D eigenvalue weighted by molar-refractivity contribution is 9.10. The van der Waals surface area contributed by atoms with Crippen LogP contribution in [-0.4, -0.2) is 18.2 Å². The van der Waals surface area contributed by atoms with Gasteiger partial charge in [0.2, 0.25) is 0 Å². The van der Waals surface area contributed by atoms with Crippen molar-refractivity contribution in [3.8, 4) is 11.5 Å². The van der Waals surface area contributed by atoms with E-state index in [9.17, 15) is 0 Å². The first kappa shape index (κ1) is 11.9. The zero-order chi connectivity index (χ0) is 12.4. The largest absolute Gasteiger partial charge is 0.486 e. The molecule has 0 unspecified atom stereocenters. The Hall–Kier alpha value is -1.20. The van der Waals surface area contributed by atoms with Crippen molar-refractivity contribution < 1.29 is 9.47 Å². The van der Waals surface area contributed by atoms with Crippen LogP contribution < -0.4 is 9.47 Å². The summed E-state index contributed by atoms with van der Waals surface area (Å²) < 4.78 is 12.1. The normalized spacial score (nSPS) is 13.4. The molecule has 0 fully saturated rings. The van der Waals surface area contributed by atoms with Crippen LogP contribution in [0.1, 0.15) is 0 Å². The molecule has 0 spiro atoms. The number of benzene rings is 1. The summed E-state index contributed by atoms with van der Waals surface area (Å²) in [6.45, 7) is 1.23. The van der Waals surface area contributed by atoms with Crippen molar-refractivity contribution in [3.63, 3.8) is 0 Å². The number of rotatable bonds is 2. The quantitative estimate of drug-likeness (QED) is 0.842. The lowest BCUT2D eigenvalue weighted by molar-refractivity contribution is 0.171. The van der Waals surface area contributed by atoms with Crippen LogP contribution in [0.2, 0.25) is 0 Å². The second-order valence-electron chi connectivity index (χ2n) is 3.71. The van der Waals surface area contributed by atoms with Crippen molar-refractivity contribution in [2.75, 3.05) is 13.2 Å². The predicted molar refractivity (Wildman–Crippen MR) is 73.5 cm³/mol. The SMILES string of the molecule is Brc1cnccc1Sc1ccc2c(c1)OCCO2. The number of fused-ring (bicyclic) bond motifs is 1. The van der Waals surface area contributed by atoms with Crippen LogP contribution in [0, 0.1) is 0 Å². The third-order valence-corrected chi connectivity index (χ3v) is 4.44. The predicted octanol–water partition coefficient (Wildman–Crippen LogP) is 3.77. The van der Waals surface area contributed by atoms with Gasteiger partial charge in [-0.05, 0) is 40.2 Å². The fraction of sp³-hybridized carbons (Fsp3) is 0.154. The molecule has 1 aliphatic heterocycles. The summed E-state index contributed by atoms with van der Waals surface area (Å²) in [7, 11) is 0. The molecule has 0 aliphatic carbocycles. The summed E-state index contributed by atoms with van der Waals surface area (Å²) in [6.07, 6.45) is 3.57. The number of hydrogen-bond donors (Lipinski definition) is 0. The molecule has 92 valence electrons. The van der Waals surface area contributed by atoms with E-state index in [4.69, 9.17) is 9.47 Å². The van der Waals surface area contributed by atoms with Gasteiger partial charge in [-0.3, -0.25) is 4.98 Å². The summed E-state index contributed by atoms with van der Waals surface area (Å²) >= 11 is 5.15. The summed E-state index contributed by atoms with van der Waals surface area (Å²) in [4.78, 5) is 6.30. The van der Waals surface area contributed by atoms with Gasteiger partial charge in [0.1, 0.15) is 13.2 Å². The first-order valence-electron chi connectivity index (χ1n) is 5.50. The van der Waals surface area contributed by atoms with Crippen molar-refractivity contribution >= 4 is 27.7 Å². The zero-order valence-electron chi connectivity index (χ0n) is 9.43. The highest BCUT2D eigenvalue weighted by Crippen LogP contribution is 2.38. The fourth-order valence-corrected chi connectivity index (χ4v) is 2.99. The van der Waals surface area contributed by atoms with E-state index in [1.165, 1.54) is 0 Å². The van der Waals surface area contributed by atoms with Gasteiger partial charge in [0.05, 0.1) is 0 Å². The smallest absolute Gasteiger partial charge is 0.162 e. The van der Waals surface area contributed by atoms with E-state index in [0.717, 1.165) is 25.8 Å². The second-order valence-corrected chi connectivity index (χ2v) is 5.68. The number of hydrogen-bond acceptors (Lipinski definition) is 4. The van der Waals surface area contributed by atoms with Crippen LogP contribution >= 0.6 is 27.7 Å². The van der Waals surface area contributed by atoms with Crippen LogP contribution in [0.3, 0.4) is 0 Å². The van der Waals surface area contributed by atoms with Gasteiger partial charge in [0.15, 0.2) is 11.5 Å². The summed E-state index contributed by atoms with van der Waals surface area (Å²) in [6, 6.07) is 7.97. The van der Waals surface area contributed by atoms with E-state index in [2.05, 4.69) is 20.9 Å². The van der Waals surface area contributed by atoms with Crippen LogP contribution in [0.5, 0.6) is 11.5 Å². The lowest BCUT2D eigenvalue weighted by Gasteiger charge is -2.18. The van der Waals surface area contributed by atoms with E-state index in [1.807, 2.05) is 24.3 Å². The molecule has 3 rings (SSSR count). The Bertz CT molecular complexity index is 577. The third-order valence-electron chi connectivity index (χ3n) is 2.48. The summed E-state index contributed by atoms with van der Waals surface area (Å²) in [5.41, 5.74) is 0. The van der Waals surface area contributed by atoms with Crippen LogP contribution in [-0.2, 0) is 0 Å². The molecular weight excluding hydrogens is 314 g/mol. The molecule has 0 N–H and O–H groups in total. The van der Waals surface area contributed by atoms with Crippen molar-refractivity contribution in [1.29, 1.82) is 0 Å². The minimum absolute atomic E-state index is 0.611. The number of pyridine rings is 1. The third kappa shape index (κ3) is 2.47. The lowest BCUT2D eigenvalue weighted by Crippen LogP contribution is -2.15. The molecule has 1 aromatic carbocycles. The molecule has 2 heterocycles. The van der Waals surface area contributed by atoms with Crippen LogP contribution in [0.4, 0.5) is 0 Å². The molecule has 0 saturated carbocycles. The van der Waals surface area contributed by atoms with Gasteiger partial charge in [-0.1, -0.05) is 11.8 Å². The maximum atomic E-state index is 5.57. The molecule has 0 radical (unpaired) electrons. The van der Waals surface area contributed by atoms with E-state index >= 15 is 0 Å². The molecular formula is C13H10BrNO2S. The Morgan fingerprint density at radius 3 is 2.78 bits per heavy atom. The fourth-order valence-electron chi connectivity index (χ4n) is 1.66. The Labute approximate surface area is 118 Å². The molecule has 1 aromatic heterocycles. The maximum Gasteiger partial charge on any atom is 0.162 e. The summed E-state index contributed by atoms with van der Waals surface area (Å²) in [5.74, 6) is 1.64. The van der Waals surface area contributed by atoms with Gasteiger partial charge in [0.25, 0.3) is 0 Å². The Balaban J connectivity index is 1.87.